The first-order valence-corrected chi connectivity index (χ1v) is 8.76. The molecule has 1 heterocycles. The molecule has 0 radical (unpaired) electrons. The monoisotopic (exact) mass is 339 g/mol. The summed E-state index contributed by atoms with van der Waals surface area (Å²) in [6.07, 6.45) is 1.20. The topological polar surface area (TPSA) is 49.8 Å². The Balaban J connectivity index is 1.59. The Morgan fingerprint density at radius 2 is 1.84 bits per heavy atom. The van der Waals surface area contributed by atoms with Crippen molar-refractivity contribution in [2.75, 3.05) is 20.2 Å². The number of aliphatic hydroxyl groups is 1. The Labute approximate surface area is 149 Å². The molecule has 1 N–H and O–H groups in total. The smallest absolute Gasteiger partial charge is 0.253 e. The summed E-state index contributed by atoms with van der Waals surface area (Å²) < 4.78 is 5.09. The van der Waals surface area contributed by atoms with E-state index in [2.05, 4.69) is 12.1 Å². The van der Waals surface area contributed by atoms with Crippen molar-refractivity contribution in [2.24, 2.45) is 5.92 Å². The fourth-order valence-corrected chi connectivity index (χ4v) is 3.41. The van der Waals surface area contributed by atoms with E-state index < -0.39 is 6.10 Å². The number of nitrogens with zero attached hydrogens (tertiary/aromatic N) is 1. The van der Waals surface area contributed by atoms with Crippen molar-refractivity contribution in [1.29, 1.82) is 0 Å². The Kier molecular flexibility index (Phi) is 5.84. The lowest BCUT2D eigenvalue weighted by Gasteiger charge is -2.36. The number of likely N-dealkylation sites (tertiary alicyclic amines) is 1. The van der Waals surface area contributed by atoms with Crippen molar-refractivity contribution in [3.05, 3.63) is 71.3 Å². The number of carbonyl (C=O) groups is 1. The van der Waals surface area contributed by atoms with Crippen LogP contribution in [-0.2, 0) is 17.8 Å². The summed E-state index contributed by atoms with van der Waals surface area (Å²) in [5.41, 5.74) is 2.94. The number of ether oxygens (including phenoxy) is 1. The Morgan fingerprint density at radius 3 is 2.48 bits per heavy atom. The third-order valence-electron chi connectivity index (χ3n) is 4.86. The third-order valence-corrected chi connectivity index (χ3v) is 4.86. The van der Waals surface area contributed by atoms with Gasteiger partial charge in [0.05, 0.1) is 12.7 Å². The maximum atomic E-state index is 12.7. The number of amides is 1. The molecule has 2 atom stereocenters. The van der Waals surface area contributed by atoms with Crippen molar-refractivity contribution >= 4 is 5.91 Å². The lowest BCUT2D eigenvalue weighted by Crippen LogP contribution is -2.47. The SMILES string of the molecule is COCc1ccc(C(=O)N2CC[C@H](Cc3ccccc3)[C@@H](O)C2)cc1. The van der Waals surface area contributed by atoms with Crippen molar-refractivity contribution in [3.63, 3.8) is 0 Å². The van der Waals surface area contributed by atoms with Crippen LogP contribution < -0.4 is 0 Å². The molecule has 0 aliphatic carbocycles. The van der Waals surface area contributed by atoms with Crippen LogP contribution in [0.2, 0.25) is 0 Å². The molecule has 2 aromatic carbocycles. The van der Waals surface area contributed by atoms with E-state index in [1.807, 2.05) is 42.5 Å². The van der Waals surface area contributed by atoms with Crippen LogP contribution in [0.25, 0.3) is 0 Å². The van der Waals surface area contributed by atoms with Gasteiger partial charge in [-0.1, -0.05) is 42.5 Å². The molecule has 0 spiro atoms. The van der Waals surface area contributed by atoms with Crippen LogP contribution in [-0.4, -0.2) is 42.2 Å². The highest BCUT2D eigenvalue weighted by Gasteiger charge is 2.30. The molecule has 4 nitrogen and oxygen atoms in total. The summed E-state index contributed by atoms with van der Waals surface area (Å²) >= 11 is 0. The Morgan fingerprint density at radius 1 is 1.12 bits per heavy atom. The Hall–Kier alpha value is -2.17. The van der Waals surface area contributed by atoms with Gasteiger partial charge in [-0.15, -0.1) is 0 Å². The van der Waals surface area contributed by atoms with Crippen LogP contribution in [0.4, 0.5) is 0 Å². The zero-order valence-electron chi connectivity index (χ0n) is 14.6. The zero-order chi connectivity index (χ0) is 17.6. The van der Waals surface area contributed by atoms with Crippen molar-refractivity contribution in [3.8, 4) is 0 Å². The van der Waals surface area contributed by atoms with Gasteiger partial charge < -0.3 is 14.7 Å². The molecule has 25 heavy (non-hydrogen) atoms. The molecule has 132 valence electrons. The van der Waals surface area contributed by atoms with E-state index >= 15 is 0 Å². The predicted octanol–water partition coefficient (Wildman–Crippen LogP) is 2.90. The average Bonchev–Trinajstić information content (AvgIpc) is 2.64. The standard InChI is InChI=1S/C21H25NO3/c1-25-15-17-7-9-18(10-8-17)21(24)22-12-11-19(20(23)14-22)13-16-5-3-2-4-6-16/h2-10,19-20,23H,11-15H2,1H3/t19-,20+/m1/s1. The first-order chi connectivity index (χ1) is 12.2. The van der Waals surface area contributed by atoms with Gasteiger partial charge in [-0.2, -0.15) is 0 Å². The number of piperidine rings is 1. The fraction of sp³-hybridized carbons (Fsp3) is 0.381. The maximum Gasteiger partial charge on any atom is 0.253 e. The second-order valence-electron chi connectivity index (χ2n) is 6.69. The molecule has 1 aliphatic heterocycles. The van der Waals surface area contributed by atoms with Crippen molar-refractivity contribution < 1.29 is 14.6 Å². The van der Waals surface area contributed by atoms with E-state index in [0.717, 1.165) is 18.4 Å². The molecule has 3 rings (SSSR count). The van der Waals surface area contributed by atoms with Crippen molar-refractivity contribution in [1.82, 2.24) is 4.90 Å². The summed E-state index contributed by atoms with van der Waals surface area (Å²) in [5.74, 6) is 0.191. The second-order valence-corrected chi connectivity index (χ2v) is 6.69. The second kappa shape index (κ2) is 8.28. The average molecular weight is 339 g/mol. The van der Waals surface area contributed by atoms with Gasteiger partial charge in [0, 0.05) is 25.8 Å². The highest BCUT2D eigenvalue weighted by molar-refractivity contribution is 5.94. The lowest BCUT2D eigenvalue weighted by molar-refractivity contribution is 0.0198. The van der Waals surface area contributed by atoms with Gasteiger partial charge in [0.1, 0.15) is 0 Å². The molecule has 0 saturated carbocycles. The molecule has 1 aliphatic rings. The number of aliphatic hydroxyl groups excluding tert-OH is 1. The molecule has 1 amide bonds. The molecular formula is C21H25NO3. The van der Waals surface area contributed by atoms with Gasteiger partial charge in [0.25, 0.3) is 5.91 Å². The van der Waals surface area contributed by atoms with E-state index in [0.29, 0.717) is 25.3 Å². The van der Waals surface area contributed by atoms with Crippen molar-refractivity contribution in [2.45, 2.75) is 25.6 Å². The first kappa shape index (κ1) is 17.6. The van der Waals surface area contributed by atoms with Crippen LogP contribution >= 0.6 is 0 Å². The molecule has 0 bridgehead atoms. The Bertz CT molecular complexity index is 684. The highest BCUT2D eigenvalue weighted by Crippen LogP contribution is 2.23. The van der Waals surface area contributed by atoms with E-state index in [1.165, 1.54) is 5.56 Å². The van der Waals surface area contributed by atoms with Gasteiger partial charge in [-0.05, 0) is 42.0 Å². The molecule has 1 saturated heterocycles. The molecule has 0 unspecified atom stereocenters. The van der Waals surface area contributed by atoms with Gasteiger partial charge >= 0.3 is 0 Å². The summed E-state index contributed by atoms with van der Waals surface area (Å²) in [6, 6.07) is 17.7. The van der Waals surface area contributed by atoms with Gasteiger partial charge in [0.2, 0.25) is 0 Å². The molecule has 0 aromatic heterocycles. The zero-order valence-corrected chi connectivity index (χ0v) is 14.6. The number of benzene rings is 2. The first-order valence-electron chi connectivity index (χ1n) is 8.76. The van der Waals surface area contributed by atoms with Crippen LogP contribution in [0.5, 0.6) is 0 Å². The molecule has 4 heteroatoms. The minimum Gasteiger partial charge on any atom is -0.391 e. The number of hydrogen-bond donors (Lipinski definition) is 1. The molecule has 1 fully saturated rings. The van der Waals surface area contributed by atoms with Gasteiger partial charge in [0.15, 0.2) is 0 Å². The summed E-state index contributed by atoms with van der Waals surface area (Å²) in [5, 5.41) is 10.5. The predicted molar refractivity (Wildman–Crippen MR) is 97.3 cm³/mol. The normalized spacial score (nSPS) is 20.5. The molecular weight excluding hydrogens is 314 g/mol. The van der Waals surface area contributed by atoms with Crippen LogP contribution in [0, 0.1) is 5.92 Å². The van der Waals surface area contributed by atoms with Gasteiger partial charge in [-0.3, -0.25) is 4.79 Å². The quantitative estimate of drug-likeness (QED) is 0.911. The molecule has 2 aromatic rings. The summed E-state index contributed by atoms with van der Waals surface area (Å²) in [6.45, 7) is 1.63. The maximum absolute atomic E-state index is 12.7. The minimum atomic E-state index is -0.481. The largest absolute Gasteiger partial charge is 0.391 e. The number of methoxy groups -OCH3 is 1. The van der Waals surface area contributed by atoms with E-state index in [1.54, 1.807) is 12.0 Å². The van der Waals surface area contributed by atoms with E-state index in [-0.39, 0.29) is 11.8 Å². The van der Waals surface area contributed by atoms with E-state index in [9.17, 15) is 9.90 Å². The summed E-state index contributed by atoms with van der Waals surface area (Å²) in [4.78, 5) is 14.4. The third kappa shape index (κ3) is 4.47. The number of rotatable bonds is 5. The fourth-order valence-electron chi connectivity index (χ4n) is 3.41. The van der Waals surface area contributed by atoms with Crippen LogP contribution in [0.15, 0.2) is 54.6 Å². The summed E-state index contributed by atoms with van der Waals surface area (Å²) in [7, 11) is 1.65. The number of carbonyl (C=O) groups excluding carboxylic acids is 1. The number of β-amino-alcohol motifs (C(OH)–C–C–N with tert-alkyl or cyclic N) is 1. The van der Waals surface area contributed by atoms with E-state index in [4.69, 9.17) is 4.74 Å². The minimum absolute atomic E-state index is 0.0128. The lowest BCUT2D eigenvalue weighted by atomic mass is 9.87. The van der Waals surface area contributed by atoms with Crippen LogP contribution in [0.1, 0.15) is 27.9 Å². The number of hydrogen-bond acceptors (Lipinski definition) is 3. The van der Waals surface area contributed by atoms with Crippen LogP contribution in [0.3, 0.4) is 0 Å². The highest BCUT2D eigenvalue weighted by atomic mass is 16.5. The van der Waals surface area contributed by atoms with Gasteiger partial charge in [-0.25, -0.2) is 0 Å².